The molecule has 75 heavy (non-hydrogen) atoms. The van der Waals surface area contributed by atoms with Crippen LogP contribution in [0, 0.1) is 0 Å². The summed E-state index contributed by atoms with van der Waals surface area (Å²) in [5.41, 5.74) is 13.3. The molecule has 3 saturated heterocycles. The number of ether oxygens (including phenoxy) is 3. The molecule has 9 heterocycles. The highest BCUT2D eigenvalue weighted by atomic mass is 31.3. The number of phosphoric acid groups is 4. The van der Waals surface area contributed by atoms with Gasteiger partial charge in [0.25, 0.3) is 22.6 Å². The van der Waals surface area contributed by atoms with Gasteiger partial charge < -0.3 is 76.5 Å². The van der Waals surface area contributed by atoms with Gasteiger partial charge in [0.1, 0.15) is 54.9 Å². The van der Waals surface area contributed by atoms with Gasteiger partial charge in [-0.3, -0.25) is 61.1 Å². The number of nitrogens with one attached hydrogen (secondary N) is 3. The maximum Gasteiger partial charge on any atom is 0.490 e. The molecule has 3 aliphatic rings. The van der Waals surface area contributed by atoms with Gasteiger partial charge >= 0.3 is 36.9 Å². The summed E-state index contributed by atoms with van der Waals surface area (Å²) in [5.74, 6) is -1.12. The van der Waals surface area contributed by atoms with Crippen LogP contribution in [0.25, 0.3) is 33.5 Å². The summed E-state index contributed by atoms with van der Waals surface area (Å²) in [6.45, 7) is -3.65. The van der Waals surface area contributed by atoms with Gasteiger partial charge in [-0.1, -0.05) is 4.98 Å². The zero-order valence-corrected chi connectivity index (χ0v) is 41.0. The fraction of sp³-hybridized carbons (Fsp3) is 0.516. The molecule has 0 amide bonds. The Morgan fingerprint density at radius 1 is 0.613 bits per heavy atom. The molecule has 9 rings (SSSR count). The van der Waals surface area contributed by atoms with E-state index < -0.39 is 147 Å². The number of aromatic amines is 3. The van der Waals surface area contributed by atoms with Crippen LogP contribution in [0.4, 0.5) is 17.8 Å². The first-order valence-electron chi connectivity index (χ1n) is 21.0. The lowest BCUT2D eigenvalue weighted by molar-refractivity contribution is -0.745. The summed E-state index contributed by atoms with van der Waals surface area (Å²) in [7, 11) is -22.3. The summed E-state index contributed by atoms with van der Waals surface area (Å²) in [6.07, 6.45) is -19.0. The SMILES string of the molecule is Cn1c[n+]([C@@H]2O[C@H](COP(=O)(O)OP(=O)(O)OP(=O)(O)OC[C@H]3O[C@@H](n4cnc5c(=O)[nH]c(N)nc54)[C@H](O)[C@@H]3OP(=O)(O)OC[C@H]3O[C@@H](n4cnc5c(=O)[nH]c(N)nc54)[C@H](O)[C@@H]3O)[C@@H](O)[C@H]2O)c2nc(N)[nH]c(=O)c21. The van der Waals surface area contributed by atoms with Gasteiger partial charge in [-0.05, 0) is 0 Å². The third-order valence-electron chi connectivity index (χ3n) is 11.4. The van der Waals surface area contributed by atoms with Gasteiger partial charge in [0.05, 0.1) is 39.5 Å². The number of aliphatic hydroxyl groups is 5. The van der Waals surface area contributed by atoms with Crippen molar-refractivity contribution in [3.63, 3.8) is 0 Å². The van der Waals surface area contributed by atoms with Crippen molar-refractivity contribution in [2.45, 2.75) is 73.6 Å². The highest BCUT2D eigenvalue weighted by Crippen LogP contribution is 2.68. The van der Waals surface area contributed by atoms with Crippen LogP contribution in [0.1, 0.15) is 18.7 Å². The number of anilines is 3. The number of imidazole rings is 3. The summed E-state index contributed by atoms with van der Waals surface area (Å²) in [5, 5.41) is 54.5. The number of H-pyrrole nitrogens is 3. The zero-order valence-electron chi connectivity index (χ0n) is 37.4. The molecule has 16 atom stereocenters. The Hall–Kier alpha value is -5.35. The van der Waals surface area contributed by atoms with Crippen molar-refractivity contribution >= 4 is 82.6 Å². The van der Waals surface area contributed by atoms with Crippen LogP contribution < -0.4 is 38.4 Å². The quantitative estimate of drug-likeness (QED) is 0.0281. The van der Waals surface area contributed by atoms with Crippen LogP contribution in [-0.4, -0.2) is 173 Å². The second-order valence-corrected chi connectivity index (χ2v) is 22.5. The summed E-state index contributed by atoms with van der Waals surface area (Å²) >= 11 is 0. The first-order chi connectivity index (χ1) is 35.0. The largest absolute Gasteiger partial charge is 0.490 e. The zero-order chi connectivity index (χ0) is 54.4. The first-order valence-corrected chi connectivity index (χ1v) is 26.9. The minimum absolute atomic E-state index is 0.0387. The molecule has 6 aromatic heterocycles. The Balaban J connectivity index is 0.859. The molecule has 0 spiro atoms. The maximum absolute atomic E-state index is 13.5. The van der Waals surface area contributed by atoms with Crippen LogP contribution in [0.3, 0.4) is 0 Å². The number of phosphoric ester groups is 3. The average molecular weight is 1150 g/mol. The third kappa shape index (κ3) is 10.9. The van der Waals surface area contributed by atoms with Crippen LogP contribution in [0.5, 0.6) is 0 Å². The van der Waals surface area contributed by atoms with E-state index in [4.69, 9.17) is 45.0 Å². The number of nitrogens with zero attached hydrogens (tertiary/aromatic N) is 9. The van der Waals surface area contributed by atoms with E-state index in [2.05, 4.69) is 53.0 Å². The van der Waals surface area contributed by atoms with Crippen molar-refractivity contribution < 1.29 is 109 Å². The molecule has 0 aliphatic carbocycles. The van der Waals surface area contributed by atoms with Crippen molar-refractivity contribution in [2.75, 3.05) is 37.0 Å². The van der Waals surface area contributed by atoms with E-state index in [1.54, 1.807) is 0 Å². The number of nitrogens with two attached hydrogens (primary N) is 3. The van der Waals surface area contributed by atoms with Crippen molar-refractivity contribution in [3.8, 4) is 0 Å². The predicted octanol–water partition coefficient (Wildman–Crippen LogP) is -6.07. The minimum Gasteiger partial charge on any atom is -0.387 e. The molecule has 6 aromatic rings. The molecule has 4 unspecified atom stereocenters. The van der Waals surface area contributed by atoms with Gasteiger partial charge in [-0.2, -0.15) is 18.6 Å². The molecular weight excluding hydrogens is 1110 g/mol. The number of hydrogen-bond donors (Lipinski definition) is 15. The Morgan fingerprint density at radius 2 is 1.07 bits per heavy atom. The van der Waals surface area contributed by atoms with Gasteiger partial charge in [0.15, 0.2) is 41.1 Å². The van der Waals surface area contributed by atoms with Crippen LogP contribution in [0.2, 0.25) is 0 Å². The van der Waals surface area contributed by atoms with Gasteiger partial charge in [-0.15, -0.1) is 0 Å². The van der Waals surface area contributed by atoms with E-state index in [1.807, 2.05) is 0 Å². The Labute approximate surface area is 412 Å². The molecule has 3 fully saturated rings. The molecule has 410 valence electrons. The number of hydrogen-bond acceptors (Lipinski definition) is 29. The average Bonchev–Trinajstić information content (AvgIpc) is 4.15. The van der Waals surface area contributed by atoms with E-state index in [0.29, 0.717) is 0 Å². The molecule has 0 aromatic carbocycles. The van der Waals surface area contributed by atoms with Crippen molar-refractivity contribution in [2.24, 2.45) is 7.05 Å². The number of fused-ring (bicyclic) bond motifs is 3. The second kappa shape index (κ2) is 19.9. The molecular formula is C31H42N15O25P4+. The molecule has 18 N–H and O–H groups in total. The number of rotatable bonds is 18. The smallest absolute Gasteiger partial charge is 0.387 e. The van der Waals surface area contributed by atoms with Crippen molar-refractivity contribution in [1.29, 1.82) is 0 Å². The maximum atomic E-state index is 13.5. The summed E-state index contributed by atoms with van der Waals surface area (Å²) in [6, 6.07) is 0. The Kier molecular flexibility index (Phi) is 14.4. The number of aliphatic hydroxyl groups excluding tert-OH is 5. The lowest BCUT2D eigenvalue weighted by Gasteiger charge is -2.24. The first kappa shape index (κ1) is 54.4. The predicted molar refractivity (Wildman–Crippen MR) is 237 cm³/mol. The normalized spacial score (nSPS) is 30.5. The van der Waals surface area contributed by atoms with Crippen LogP contribution in [0.15, 0.2) is 33.4 Å². The standard InChI is InChI=1S/C31H41N15O25P4/c1-43-7-46(22-13(43)25(54)42-31(34)39-22)27-17(50)15(48)9(67-27)3-64-73(57,58)70-75(61,62)71-74(59,60)65-4-10-19(18(51)28(68-10)45-6-36-12-21(45)38-30(33)41-24(12)53)69-72(55,56)63-2-8-14(47)16(49)26(66-8)44-5-35-11-20(44)37-29(32)40-23(11)52/h5-10,14-19,26-28,47-51H,2-4H2,1H3,(H12-,32,33,34,37,38,39,40,41,42,52,53,54,55,56,57,58,59,60,61,62)/p+1/t8-,9-,10-,14-,15-,16-,17-,18-,19-,26-,27-,28-/m1/s1. The minimum atomic E-state index is -6.25. The lowest BCUT2D eigenvalue weighted by atomic mass is 10.1. The lowest BCUT2D eigenvalue weighted by Crippen LogP contribution is -2.46. The molecule has 44 heteroatoms. The Morgan fingerprint density at radius 3 is 1.63 bits per heavy atom. The fourth-order valence-corrected chi connectivity index (χ4v) is 12.6. The highest BCUT2D eigenvalue weighted by Gasteiger charge is 2.53. The fourth-order valence-electron chi connectivity index (χ4n) is 8.13. The van der Waals surface area contributed by atoms with E-state index >= 15 is 0 Å². The highest BCUT2D eigenvalue weighted by molar-refractivity contribution is 7.66. The van der Waals surface area contributed by atoms with Crippen molar-refractivity contribution in [3.05, 3.63) is 50.0 Å². The Bertz CT molecular complexity index is 3570. The summed E-state index contributed by atoms with van der Waals surface area (Å²) in [4.78, 5) is 105. The molecule has 3 aliphatic heterocycles. The topological polar surface area (TPSA) is 593 Å². The molecule has 40 nitrogen and oxygen atoms in total. The van der Waals surface area contributed by atoms with Gasteiger partial charge in [-0.25, -0.2) is 32.8 Å². The van der Waals surface area contributed by atoms with E-state index in [0.717, 1.165) is 26.4 Å². The van der Waals surface area contributed by atoms with E-state index in [-0.39, 0.29) is 45.4 Å². The summed E-state index contributed by atoms with van der Waals surface area (Å²) < 4.78 is 101. The van der Waals surface area contributed by atoms with E-state index in [9.17, 15) is 77.8 Å². The van der Waals surface area contributed by atoms with Crippen LogP contribution >= 0.6 is 31.3 Å². The van der Waals surface area contributed by atoms with Gasteiger partial charge in [0, 0.05) is 0 Å². The molecule has 0 radical (unpaired) electrons. The number of nitrogen functional groups attached to an aromatic ring is 3. The van der Waals surface area contributed by atoms with Crippen LogP contribution in [-0.2, 0) is 66.2 Å². The number of aryl methyl sites for hydroxylation is 1. The van der Waals surface area contributed by atoms with E-state index in [1.165, 1.54) is 17.9 Å². The monoisotopic (exact) mass is 1150 g/mol. The van der Waals surface area contributed by atoms with Crippen molar-refractivity contribution in [1.82, 2.24) is 53.6 Å². The van der Waals surface area contributed by atoms with Gasteiger partial charge in [0.2, 0.25) is 23.6 Å². The molecule has 0 bridgehead atoms. The third-order valence-corrected chi connectivity index (χ3v) is 16.6. The second-order valence-electron chi connectivity index (χ2n) is 16.5. The number of aromatic nitrogens is 12. The molecule has 0 saturated carbocycles.